The molecule has 2 aromatic heterocycles. The molecule has 5 rings (SSSR count). The van der Waals surface area contributed by atoms with Crippen molar-refractivity contribution in [1.29, 1.82) is 0 Å². The zero-order chi connectivity index (χ0) is 19.5. The van der Waals surface area contributed by atoms with Gasteiger partial charge in [-0.3, -0.25) is 0 Å². The fraction of sp³-hybridized carbons (Fsp3) is 0.185. The van der Waals surface area contributed by atoms with Gasteiger partial charge in [0.2, 0.25) is 0 Å². The van der Waals surface area contributed by atoms with Crippen LogP contribution in [0.1, 0.15) is 31.9 Å². The van der Waals surface area contributed by atoms with E-state index in [-0.39, 0.29) is 5.41 Å². The van der Waals surface area contributed by atoms with Gasteiger partial charge in [-0.05, 0) is 46.5 Å². The fourth-order valence-electron chi connectivity index (χ4n) is 4.38. The zero-order valence-corrected chi connectivity index (χ0v) is 17.0. The molecule has 0 aliphatic rings. The first-order chi connectivity index (χ1) is 13.4. The van der Waals surface area contributed by atoms with Crippen LogP contribution in [-0.4, -0.2) is 4.40 Å². The van der Waals surface area contributed by atoms with Crippen molar-refractivity contribution >= 4 is 27.2 Å². The van der Waals surface area contributed by atoms with E-state index in [1.54, 1.807) is 0 Å². The van der Waals surface area contributed by atoms with E-state index < -0.39 is 0 Å². The molecule has 0 saturated heterocycles. The smallest absolute Gasteiger partial charge is 0.0576 e. The monoisotopic (exact) mass is 363 g/mol. The minimum Gasteiger partial charge on any atom is -0.308 e. The summed E-state index contributed by atoms with van der Waals surface area (Å²) >= 11 is 0. The van der Waals surface area contributed by atoms with Gasteiger partial charge in [0.25, 0.3) is 0 Å². The van der Waals surface area contributed by atoms with Crippen LogP contribution >= 0.6 is 0 Å². The molecule has 0 fully saturated rings. The molecular formula is C27H25N. The highest BCUT2D eigenvalue weighted by atomic mass is 14.9. The second-order valence-corrected chi connectivity index (χ2v) is 8.77. The van der Waals surface area contributed by atoms with Crippen LogP contribution in [-0.2, 0) is 5.41 Å². The molecule has 0 spiro atoms. The van der Waals surface area contributed by atoms with E-state index in [9.17, 15) is 0 Å². The standard InChI is InChI=1S/C27H25N/c1-18-22-10-7-8-12-24(22)28-25(17-20-9-5-6-11-23(20)26(18)28)19-13-15-21(16-14-19)27(2,3)4/h5-17H,1-4H3. The Balaban J connectivity index is 1.91. The average molecular weight is 364 g/mol. The number of rotatable bonds is 1. The fourth-order valence-corrected chi connectivity index (χ4v) is 4.38. The summed E-state index contributed by atoms with van der Waals surface area (Å²) < 4.78 is 2.44. The van der Waals surface area contributed by atoms with Crippen molar-refractivity contribution in [2.75, 3.05) is 0 Å². The highest BCUT2D eigenvalue weighted by Gasteiger charge is 2.17. The predicted octanol–water partition coefficient (Wildman–Crippen LogP) is 7.52. The molecule has 0 amide bonds. The van der Waals surface area contributed by atoms with Crippen molar-refractivity contribution in [2.24, 2.45) is 0 Å². The molecule has 0 aliphatic carbocycles. The predicted molar refractivity (Wildman–Crippen MR) is 121 cm³/mol. The van der Waals surface area contributed by atoms with Crippen molar-refractivity contribution in [3.63, 3.8) is 0 Å². The first kappa shape index (κ1) is 17.1. The quantitative estimate of drug-likeness (QED) is 0.290. The molecule has 28 heavy (non-hydrogen) atoms. The highest BCUT2D eigenvalue weighted by Crippen LogP contribution is 2.37. The molecular weight excluding hydrogens is 338 g/mol. The lowest BCUT2D eigenvalue weighted by atomic mass is 9.86. The van der Waals surface area contributed by atoms with Gasteiger partial charge in [0.05, 0.1) is 16.7 Å². The van der Waals surface area contributed by atoms with Gasteiger partial charge in [-0.15, -0.1) is 0 Å². The van der Waals surface area contributed by atoms with E-state index in [2.05, 4.69) is 111 Å². The molecule has 0 N–H and O–H groups in total. The SMILES string of the molecule is Cc1c2ccccc2n2c(-c3ccc(C(C)(C)C)cc3)cc3ccccc3c12. The minimum absolute atomic E-state index is 0.161. The molecule has 0 saturated carbocycles. The minimum atomic E-state index is 0.161. The molecule has 3 aromatic carbocycles. The molecule has 0 aliphatic heterocycles. The second-order valence-electron chi connectivity index (χ2n) is 8.77. The summed E-state index contributed by atoms with van der Waals surface area (Å²) in [6, 6.07) is 28.9. The Labute approximate surface area is 166 Å². The van der Waals surface area contributed by atoms with E-state index in [0.29, 0.717) is 0 Å². The van der Waals surface area contributed by atoms with Crippen LogP contribution in [0.3, 0.4) is 0 Å². The van der Waals surface area contributed by atoms with Crippen LogP contribution in [0.4, 0.5) is 0 Å². The number of benzene rings is 3. The number of hydrogen-bond donors (Lipinski definition) is 0. The first-order valence-corrected chi connectivity index (χ1v) is 9.97. The van der Waals surface area contributed by atoms with Crippen LogP contribution in [0.25, 0.3) is 38.4 Å². The van der Waals surface area contributed by atoms with E-state index in [1.165, 1.54) is 49.6 Å². The molecule has 0 radical (unpaired) electrons. The maximum Gasteiger partial charge on any atom is 0.0576 e. The average Bonchev–Trinajstić information content (AvgIpc) is 3.00. The van der Waals surface area contributed by atoms with Gasteiger partial charge in [0.1, 0.15) is 0 Å². The maximum atomic E-state index is 2.44. The number of aryl methyl sites for hydroxylation is 1. The van der Waals surface area contributed by atoms with Gasteiger partial charge in [-0.1, -0.05) is 87.5 Å². The Morgan fingerprint density at radius 1 is 0.714 bits per heavy atom. The van der Waals surface area contributed by atoms with Crippen molar-refractivity contribution in [1.82, 2.24) is 4.40 Å². The third-order valence-corrected chi connectivity index (χ3v) is 5.92. The zero-order valence-electron chi connectivity index (χ0n) is 17.0. The summed E-state index contributed by atoms with van der Waals surface area (Å²) in [7, 11) is 0. The van der Waals surface area contributed by atoms with Crippen molar-refractivity contribution < 1.29 is 0 Å². The Morgan fingerprint density at radius 2 is 1.36 bits per heavy atom. The lowest BCUT2D eigenvalue weighted by Gasteiger charge is -2.19. The molecule has 0 bridgehead atoms. The summed E-state index contributed by atoms with van der Waals surface area (Å²) in [6.07, 6.45) is 0. The van der Waals surface area contributed by atoms with Crippen LogP contribution in [0, 0.1) is 6.92 Å². The largest absolute Gasteiger partial charge is 0.308 e. The van der Waals surface area contributed by atoms with Gasteiger partial charge in [-0.2, -0.15) is 0 Å². The normalized spacial score (nSPS) is 12.3. The van der Waals surface area contributed by atoms with Gasteiger partial charge in [0.15, 0.2) is 0 Å². The summed E-state index contributed by atoms with van der Waals surface area (Å²) in [4.78, 5) is 0. The number of pyridine rings is 1. The van der Waals surface area contributed by atoms with Crippen LogP contribution in [0.5, 0.6) is 0 Å². The van der Waals surface area contributed by atoms with Crippen LogP contribution in [0.15, 0.2) is 78.9 Å². The number of fused-ring (bicyclic) bond motifs is 5. The van der Waals surface area contributed by atoms with Crippen LogP contribution < -0.4 is 0 Å². The molecule has 0 unspecified atom stereocenters. The molecule has 1 nitrogen and oxygen atoms in total. The molecule has 0 atom stereocenters. The molecule has 5 aromatic rings. The third kappa shape index (κ3) is 2.46. The van der Waals surface area contributed by atoms with Gasteiger partial charge in [-0.25, -0.2) is 0 Å². The first-order valence-electron chi connectivity index (χ1n) is 9.97. The van der Waals surface area contributed by atoms with Crippen molar-refractivity contribution in [3.05, 3.63) is 90.0 Å². The Morgan fingerprint density at radius 3 is 2.07 bits per heavy atom. The number of aromatic nitrogens is 1. The summed E-state index contributed by atoms with van der Waals surface area (Å²) in [5.74, 6) is 0. The van der Waals surface area contributed by atoms with Crippen molar-refractivity contribution in [3.8, 4) is 11.3 Å². The van der Waals surface area contributed by atoms with E-state index in [1.807, 2.05) is 0 Å². The summed E-state index contributed by atoms with van der Waals surface area (Å²) in [5, 5.41) is 3.92. The van der Waals surface area contributed by atoms with Crippen LogP contribution in [0.2, 0.25) is 0 Å². The maximum absolute atomic E-state index is 2.44. The number of nitrogens with zero attached hydrogens (tertiary/aromatic N) is 1. The number of hydrogen-bond acceptors (Lipinski definition) is 0. The number of para-hydroxylation sites is 1. The van der Waals surface area contributed by atoms with E-state index in [4.69, 9.17) is 0 Å². The lowest BCUT2D eigenvalue weighted by molar-refractivity contribution is 0.590. The van der Waals surface area contributed by atoms with Gasteiger partial charge in [0, 0.05) is 10.8 Å². The topological polar surface area (TPSA) is 4.41 Å². The van der Waals surface area contributed by atoms with E-state index in [0.717, 1.165) is 0 Å². The Kier molecular flexibility index (Phi) is 3.64. The third-order valence-electron chi connectivity index (χ3n) is 5.92. The Bertz CT molecular complexity index is 1330. The molecule has 138 valence electrons. The van der Waals surface area contributed by atoms with Gasteiger partial charge < -0.3 is 4.40 Å². The van der Waals surface area contributed by atoms with Crippen molar-refractivity contribution in [2.45, 2.75) is 33.1 Å². The highest BCUT2D eigenvalue weighted by molar-refractivity contribution is 6.07. The Hall–Kier alpha value is -3.06. The lowest BCUT2D eigenvalue weighted by Crippen LogP contribution is -2.10. The molecule has 1 heteroatoms. The summed E-state index contributed by atoms with van der Waals surface area (Å²) in [6.45, 7) is 9.04. The molecule has 2 heterocycles. The van der Waals surface area contributed by atoms with E-state index >= 15 is 0 Å². The van der Waals surface area contributed by atoms with Gasteiger partial charge >= 0.3 is 0 Å². The summed E-state index contributed by atoms with van der Waals surface area (Å²) in [5.41, 5.74) is 7.96. The second kappa shape index (κ2) is 5.97.